The molecule has 0 bridgehead atoms. The molecule has 0 aromatic carbocycles. The summed E-state index contributed by atoms with van der Waals surface area (Å²) in [4.78, 5) is 11.8. The smallest absolute Gasteiger partial charge is 0.161 e. The lowest BCUT2D eigenvalue weighted by Crippen LogP contribution is -2.50. The molecule has 1 saturated carbocycles. The molecular formula is C23H26FN5. The Morgan fingerprint density at radius 3 is 2.72 bits per heavy atom. The molecule has 29 heavy (non-hydrogen) atoms. The fraction of sp³-hybridized carbons (Fsp3) is 0.391. The molecular weight excluding hydrogens is 365 g/mol. The molecule has 1 N–H and O–H groups in total. The lowest BCUT2D eigenvalue weighted by molar-refractivity contribution is 0.179. The summed E-state index contributed by atoms with van der Waals surface area (Å²) in [6.45, 7) is 9.59. The predicted molar refractivity (Wildman–Crippen MR) is 113 cm³/mol. The fourth-order valence-corrected chi connectivity index (χ4v) is 4.63. The van der Waals surface area contributed by atoms with Crippen molar-refractivity contribution in [3.8, 4) is 5.82 Å². The van der Waals surface area contributed by atoms with Crippen molar-refractivity contribution in [2.75, 3.05) is 25.0 Å². The van der Waals surface area contributed by atoms with Gasteiger partial charge in [-0.25, -0.2) is 14.4 Å². The minimum atomic E-state index is -0.289. The highest BCUT2D eigenvalue weighted by Crippen LogP contribution is 2.47. The second-order valence-corrected chi connectivity index (χ2v) is 8.25. The SMILES string of the molecule is C=C/C(F)=C(\C=C)CN1CCC2(CC1)Nc1cccnc1-n1c2cnc1C1CC1. The van der Waals surface area contributed by atoms with E-state index in [9.17, 15) is 4.39 Å². The van der Waals surface area contributed by atoms with Gasteiger partial charge in [-0.3, -0.25) is 9.47 Å². The van der Waals surface area contributed by atoms with E-state index in [-0.39, 0.29) is 11.4 Å². The number of hydrogen-bond donors (Lipinski definition) is 1. The molecule has 6 heteroatoms. The molecule has 1 spiro atoms. The Labute approximate surface area is 170 Å². The summed E-state index contributed by atoms with van der Waals surface area (Å²) in [6, 6.07) is 4.08. The van der Waals surface area contributed by atoms with E-state index in [0.29, 0.717) is 18.0 Å². The van der Waals surface area contributed by atoms with Crippen molar-refractivity contribution in [1.82, 2.24) is 19.4 Å². The minimum Gasteiger partial charge on any atom is -0.371 e. The molecule has 0 unspecified atom stereocenters. The maximum atomic E-state index is 14.0. The van der Waals surface area contributed by atoms with E-state index in [1.54, 1.807) is 6.08 Å². The van der Waals surface area contributed by atoms with Gasteiger partial charge in [-0.2, -0.15) is 0 Å². The quantitative estimate of drug-likeness (QED) is 0.765. The van der Waals surface area contributed by atoms with Crippen LogP contribution < -0.4 is 5.32 Å². The molecule has 5 rings (SSSR count). The van der Waals surface area contributed by atoms with Gasteiger partial charge in [0, 0.05) is 37.3 Å². The standard InChI is InChI=1S/C23H26FN5/c1-3-16(18(24)4-2)15-28-12-9-23(10-13-28)20-14-26-21(17-7-8-17)29(20)22-19(27-23)6-5-11-25-22/h3-6,11,14,17,27H,1-2,7-10,12-13,15H2/b18-16-. The lowest BCUT2D eigenvalue weighted by Gasteiger charge is -2.45. The number of aromatic nitrogens is 3. The summed E-state index contributed by atoms with van der Waals surface area (Å²) in [7, 11) is 0. The van der Waals surface area contributed by atoms with Crippen molar-refractivity contribution in [3.63, 3.8) is 0 Å². The number of hydrogen-bond acceptors (Lipinski definition) is 4. The zero-order valence-electron chi connectivity index (χ0n) is 16.6. The molecule has 0 amide bonds. The van der Waals surface area contributed by atoms with Crippen molar-refractivity contribution in [1.29, 1.82) is 0 Å². The summed E-state index contributed by atoms with van der Waals surface area (Å²) in [5, 5.41) is 3.79. The number of pyridine rings is 1. The first kappa shape index (κ1) is 18.3. The normalized spacial score (nSPS) is 21.0. The van der Waals surface area contributed by atoms with Crippen molar-refractivity contribution in [3.05, 3.63) is 72.8 Å². The third kappa shape index (κ3) is 3.02. The van der Waals surface area contributed by atoms with Crippen LogP contribution >= 0.6 is 0 Å². The third-order valence-electron chi connectivity index (χ3n) is 6.43. The highest BCUT2D eigenvalue weighted by molar-refractivity contribution is 5.64. The van der Waals surface area contributed by atoms with Crippen LogP contribution in [0.15, 0.2) is 61.2 Å². The molecule has 5 nitrogen and oxygen atoms in total. The van der Waals surface area contributed by atoms with Gasteiger partial charge in [-0.15, -0.1) is 0 Å². The zero-order chi connectivity index (χ0) is 20.0. The van der Waals surface area contributed by atoms with Gasteiger partial charge in [0.15, 0.2) is 5.82 Å². The Morgan fingerprint density at radius 2 is 2.03 bits per heavy atom. The average molecular weight is 391 g/mol. The van der Waals surface area contributed by atoms with E-state index in [2.05, 4.69) is 39.0 Å². The molecule has 2 aromatic heterocycles. The molecule has 0 radical (unpaired) electrons. The van der Waals surface area contributed by atoms with Crippen LogP contribution in [0.5, 0.6) is 0 Å². The van der Waals surface area contributed by atoms with Crippen LogP contribution in [0, 0.1) is 0 Å². The van der Waals surface area contributed by atoms with E-state index in [1.165, 1.54) is 24.6 Å². The van der Waals surface area contributed by atoms with Crippen LogP contribution in [-0.2, 0) is 5.54 Å². The summed E-state index contributed by atoms with van der Waals surface area (Å²) in [6.07, 6.45) is 11.0. The van der Waals surface area contributed by atoms with E-state index >= 15 is 0 Å². The molecule has 2 aromatic rings. The highest BCUT2D eigenvalue weighted by atomic mass is 19.1. The molecule has 1 saturated heterocycles. The van der Waals surface area contributed by atoms with Crippen LogP contribution in [0.3, 0.4) is 0 Å². The number of fused-ring (bicyclic) bond motifs is 4. The molecule has 1 aliphatic carbocycles. The first-order valence-electron chi connectivity index (χ1n) is 10.3. The number of likely N-dealkylation sites (tertiary alicyclic amines) is 1. The zero-order valence-corrected chi connectivity index (χ0v) is 16.6. The van der Waals surface area contributed by atoms with Gasteiger partial charge in [0.25, 0.3) is 0 Å². The predicted octanol–water partition coefficient (Wildman–Crippen LogP) is 4.46. The molecule has 4 heterocycles. The topological polar surface area (TPSA) is 46.0 Å². The first-order chi connectivity index (χ1) is 14.1. The van der Waals surface area contributed by atoms with Crippen LogP contribution in [0.4, 0.5) is 10.1 Å². The Kier molecular flexibility index (Phi) is 4.39. The van der Waals surface area contributed by atoms with Crippen LogP contribution in [0.25, 0.3) is 5.82 Å². The summed E-state index contributed by atoms with van der Waals surface area (Å²) in [5.74, 6) is 2.37. The van der Waals surface area contributed by atoms with Gasteiger partial charge in [0.1, 0.15) is 11.7 Å². The van der Waals surface area contributed by atoms with Gasteiger partial charge >= 0.3 is 0 Å². The number of nitrogens with zero attached hydrogens (tertiary/aromatic N) is 4. The van der Waals surface area contributed by atoms with Gasteiger partial charge < -0.3 is 5.32 Å². The Morgan fingerprint density at radius 1 is 1.24 bits per heavy atom. The molecule has 3 aliphatic rings. The van der Waals surface area contributed by atoms with Crippen molar-refractivity contribution < 1.29 is 4.39 Å². The molecule has 150 valence electrons. The second-order valence-electron chi connectivity index (χ2n) is 8.25. The Bertz CT molecular complexity index is 992. The van der Waals surface area contributed by atoms with Crippen molar-refractivity contribution >= 4 is 5.69 Å². The van der Waals surface area contributed by atoms with E-state index in [0.717, 1.165) is 43.3 Å². The largest absolute Gasteiger partial charge is 0.371 e. The van der Waals surface area contributed by atoms with E-state index < -0.39 is 0 Å². The minimum absolute atomic E-state index is 0.165. The number of allylic oxidation sites excluding steroid dienone is 2. The summed E-state index contributed by atoms with van der Waals surface area (Å²) >= 11 is 0. The summed E-state index contributed by atoms with van der Waals surface area (Å²) in [5.41, 5.74) is 2.71. The number of imidazole rings is 1. The van der Waals surface area contributed by atoms with Crippen molar-refractivity contribution in [2.24, 2.45) is 0 Å². The number of halogens is 1. The highest BCUT2D eigenvalue weighted by Gasteiger charge is 2.44. The fourth-order valence-electron chi connectivity index (χ4n) is 4.63. The Balaban J connectivity index is 1.44. The number of anilines is 1. The molecule has 0 atom stereocenters. The van der Waals surface area contributed by atoms with Crippen LogP contribution in [0.1, 0.15) is 43.1 Å². The van der Waals surface area contributed by atoms with Gasteiger partial charge in [0.2, 0.25) is 0 Å². The number of nitrogens with one attached hydrogen (secondary N) is 1. The lowest BCUT2D eigenvalue weighted by atomic mass is 9.82. The van der Waals surface area contributed by atoms with Crippen LogP contribution in [0.2, 0.25) is 0 Å². The first-order valence-corrected chi connectivity index (χ1v) is 10.3. The van der Waals surface area contributed by atoms with Crippen LogP contribution in [-0.4, -0.2) is 39.1 Å². The van der Waals surface area contributed by atoms with Gasteiger partial charge in [-0.05, 0) is 43.9 Å². The molecule has 2 aliphatic heterocycles. The summed E-state index contributed by atoms with van der Waals surface area (Å²) < 4.78 is 16.3. The van der Waals surface area contributed by atoms with Gasteiger partial charge in [-0.1, -0.05) is 19.2 Å². The number of piperidine rings is 1. The van der Waals surface area contributed by atoms with E-state index in [4.69, 9.17) is 4.98 Å². The maximum Gasteiger partial charge on any atom is 0.161 e. The maximum absolute atomic E-state index is 14.0. The van der Waals surface area contributed by atoms with E-state index in [1.807, 2.05) is 18.5 Å². The molecule has 2 fully saturated rings. The average Bonchev–Trinajstić information content (AvgIpc) is 3.50. The third-order valence-corrected chi connectivity index (χ3v) is 6.43. The van der Waals surface area contributed by atoms with Crippen molar-refractivity contribution in [2.45, 2.75) is 37.1 Å². The monoisotopic (exact) mass is 391 g/mol. The Hall–Kier alpha value is -2.73. The number of rotatable bonds is 5. The second kappa shape index (κ2) is 6.95. The van der Waals surface area contributed by atoms with Gasteiger partial charge in [0.05, 0.1) is 23.1 Å².